The molecule has 0 bridgehead atoms. The number of rotatable bonds is 6. The maximum atomic E-state index is 5.67. The summed E-state index contributed by atoms with van der Waals surface area (Å²) in [7, 11) is 1.89. The summed E-state index contributed by atoms with van der Waals surface area (Å²) in [6.07, 6.45) is 2.66. The molecule has 94 valence electrons. The molecule has 2 aromatic rings. The second-order valence-electron chi connectivity index (χ2n) is 4.05. The summed E-state index contributed by atoms with van der Waals surface area (Å²) in [6.45, 7) is 1.37. The molecule has 0 amide bonds. The van der Waals surface area contributed by atoms with E-state index in [9.17, 15) is 0 Å². The van der Waals surface area contributed by atoms with Gasteiger partial charge < -0.3 is 10.1 Å². The molecule has 0 aliphatic heterocycles. The van der Waals surface area contributed by atoms with Crippen molar-refractivity contribution >= 4 is 5.82 Å². The molecule has 0 atom stereocenters. The molecule has 0 fully saturated rings. The number of pyridine rings is 1. The van der Waals surface area contributed by atoms with Crippen LogP contribution in [0.1, 0.15) is 11.1 Å². The number of nitrogens with one attached hydrogen (secondary N) is 1. The third-order valence-electron chi connectivity index (χ3n) is 2.76. The van der Waals surface area contributed by atoms with Crippen molar-refractivity contribution in [2.75, 3.05) is 19.0 Å². The fourth-order valence-electron chi connectivity index (χ4n) is 1.81. The van der Waals surface area contributed by atoms with Gasteiger partial charge in [-0.25, -0.2) is 4.98 Å². The Kier molecular flexibility index (Phi) is 4.73. The van der Waals surface area contributed by atoms with Crippen molar-refractivity contribution in [3.63, 3.8) is 0 Å². The van der Waals surface area contributed by atoms with Crippen molar-refractivity contribution in [2.45, 2.75) is 13.0 Å². The SMILES string of the molecule is CNc1ncccc1CCOCc1ccccc1. The molecule has 1 aromatic carbocycles. The molecule has 1 aromatic heterocycles. The smallest absolute Gasteiger partial charge is 0.128 e. The Balaban J connectivity index is 1.78. The first-order valence-electron chi connectivity index (χ1n) is 6.13. The van der Waals surface area contributed by atoms with Crippen LogP contribution in [-0.2, 0) is 17.8 Å². The molecule has 0 saturated heterocycles. The quantitative estimate of drug-likeness (QED) is 0.791. The molecular formula is C15H18N2O. The van der Waals surface area contributed by atoms with Gasteiger partial charge in [0.1, 0.15) is 5.82 Å². The van der Waals surface area contributed by atoms with Crippen molar-refractivity contribution in [3.8, 4) is 0 Å². The first-order valence-corrected chi connectivity index (χ1v) is 6.13. The van der Waals surface area contributed by atoms with Crippen molar-refractivity contribution in [2.24, 2.45) is 0 Å². The van der Waals surface area contributed by atoms with Crippen LogP contribution in [0, 0.1) is 0 Å². The fourth-order valence-corrected chi connectivity index (χ4v) is 1.81. The minimum absolute atomic E-state index is 0.663. The van der Waals surface area contributed by atoms with Crippen LogP contribution < -0.4 is 5.32 Å². The highest BCUT2D eigenvalue weighted by Crippen LogP contribution is 2.11. The third kappa shape index (κ3) is 3.57. The van der Waals surface area contributed by atoms with Crippen LogP contribution in [0.2, 0.25) is 0 Å². The van der Waals surface area contributed by atoms with E-state index in [1.54, 1.807) is 6.20 Å². The zero-order valence-corrected chi connectivity index (χ0v) is 10.6. The lowest BCUT2D eigenvalue weighted by molar-refractivity contribution is 0.124. The number of hydrogen-bond acceptors (Lipinski definition) is 3. The van der Waals surface area contributed by atoms with Gasteiger partial charge in [-0.3, -0.25) is 0 Å². The lowest BCUT2D eigenvalue weighted by Crippen LogP contribution is -2.03. The van der Waals surface area contributed by atoms with Crippen LogP contribution in [0.15, 0.2) is 48.7 Å². The lowest BCUT2D eigenvalue weighted by Gasteiger charge is -2.08. The van der Waals surface area contributed by atoms with Crippen LogP contribution in [0.5, 0.6) is 0 Å². The van der Waals surface area contributed by atoms with Crippen LogP contribution in [0.25, 0.3) is 0 Å². The first-order chi connectivity index (χ1) is 8.90. The van der Waals surface area contributed by atoms with E-state index in [4.69, 9.17) is 4.74 Å². The molecule has 1 N–H and O–H groups in total. The Morgan fingerprint density at radius 2 is 1.94 bits per heavy atom. The monoisotopic (exact) mass is 242 g/mol. The zero-order chi connectivity index (χ0) is 12.6. The van der Waals surface area contributed by atoms with Gasteiger partial charge in [0.2, 0.25) is 0 Å². The summed E-state index contributed by atoms with van der Waals surface area (Å²) in [5, 5.41) is 3.09. The third-order valence-corrected chi connectivity index (χ3v) is 2.76. The fraction of sp³-hybridized carbons (Fsp3) is 0.267. The number of hydrogen-bond donors (Lipinski definition) is 1. The largest absolute Gasteiger partial charge is 0.376 e. The van der Waals surface area contributed by atoms with Crippen LogP contribution in [0.4, 0.5) is 5.82 Å². The molecule has 18 heavy (non-hydrogen) atoms. The molecule has 0 spiro atoms. The van der Waals surface area contributed by atoms with E-state index in [1.807, 2.05) is 31.3 Å². The Hall–Kier alpha value is -1.87. The average Bonchev–Trinajstić information content (AvgIpc) is 2.45. The van der Waals surface area contributed by atoms with Gasteiger partial charge in [0.05, 0.1) is 13.2 Å². The van der Waals surface area contributed by atoms with Crippen LogP contribution >= 0.6 is 0 Å². The summed E-state index contributed by atoms with van der Waals surface area (Å²) in [4.78, 5) is 4.27. The van der Waals surface area contributed by atoms with E-state index in [1.165, 1.54) is 11.1 Å². The number of anilines is 1. The minimum atomic E-state index is 0.663. The summed E-state index contributed by atoms with van der Waals surface area (Å²) in [6, 6.07) is 14.2. The molecule has 0 aliphatic rings. The second-order valence-corrected chi connectivity index (χ2v) is 4.05. The van der Waals surface area contributed by atoms with Gasteiger partial charge in [-0.15, -0.1) is 0 Å². The summed E-state index contributed by atoms with van der Waals surface area (Å²) in [5.41, 5.74) is 2.39. The van der Waals surface area contributed by atoms with Gasteiger partial charge >= 0.3 is 0 Å². The highest BCUT2D eigenvalue weighted by Gasteiger charge is 2.01. The van der Waals surface area contributed by atoms with E-state index >= 15 is 0 Å². The van der Waals surface area contributed by atoms with E-state index in [-0.39, 0.29) is 0 Å². The van der Waals surface area contributed by atoms with E-state index in [2.05, 4.69) is 28.5 Å². The summed E-state index contributed by atoms with van der Waals surface area (Å²) < 4.78 is 5.67. The normalized spacial score (nSPS) is 10.3. The Bertz CT molecular complexity index is 471. The summed E-state index contributed by atoms with van der Waals surface area (Å²) >= 11 is 0. The van der Waals surface area contributed by atoms with Crippen molar-refractivity contribution in [1.82, 2.24) is 4.98 Å². The van der Waals surface area contributed by atoms with Crippen molar-refractivity contribution in [3.05, 3.63) is 59.8 Å². The van der Waals surface area contributed by atoms with Gasteiger partial charge in [0.15, 0.2) is 0 Å². The molecule has 0 radical (unpaired) electrons. The maximum Gasteiger partial charge on any atom is 0.128 e. The Morgan fingerprint density at radius 3 is 2.72 bits per heavy atom. The molecular weight excluding hydrogens is 224 g/mol. The van der Waals surface area contributed by atoms with Gasteiger partial charge in [0.25, 0.3) is 0 Å². The van der Waals surface area contributed by atoms with E-state index in [0.29, 0.717) is 13.2 Å². The lowest BCUT2D eigenvalue weighted by atomic mass is 10.2. The first kappa shape index (κ1) is 12.6. The van der Waals surface area contributed by atoms with Crippen LogP contribution in [-0.4, -0.2) is 18.6 Å². The Morgan fingerprint density at radius 1 is 1.11 bits per heavy atom. The van der Waals surface area contributed by atoms with Gasteiger partial charge in [0, 0.05) is 13.2 Å². The van der Waals surface area contributed by atoms with Crippen molar-refractivity contribution < 1.29 is 4.74 Å². The highest BCUT2D eigenvalue weighted by molar-refractivity contribution is 5.42. The van der Waals surface area contributed by atoms with Gasteiger partial charge in [-0.05, 0) is 23.6 Å². The molecule has 2 rings (SSSR count). The number of nitrogens with zero attached hydrogens (tertiary/aromatic N) is 1. The molecule has 3 heteroatoms. The summed E-state index contributed by atoms with van der Waals surface area (Å²) in [5.74, 6) is 0.931. The van der Waals surface area contributed by atoms with Gasteiger partial charge in [-0.1, -0.05) is 36.4 Å². The molecule has 0 saturated carbocycles. The topological polar surface area (TPSA) is 34.2 Å². The average molecular weight is 242 g/mol. The minimum Gasteiger partial charge on any atom is -0.376 e. The Labute approximate surface area is 108 Å². The number of aromatic nitrogens is 1. The maximum absolute atomic E-state index is 5.67. The second kappa shape index (κ2) is 6.77. The van der Waals surface area contributed by atoms with Crippen molar-refractivity contribution in [1.29, 1.82) is 0 Å². The predicted octanol–water partition coefficient (Wildman–Crippen LogP) is 2.88. The molecule has 1 heterocycles. The molecule has 0 aliphatic carbocycles. The molecule has 0 unspecified atom stereocenters. The van der Waals surface area contributed by atoms with Crippen LogP contribution in [0.3, 0.4) is 0 Å². The van der Waals surface area contributed by atoms with E-state index < -0.39 is 0 Å². The highest BCUT2D eigenvalue weighted by atomic mass is 16.5. The zero-order valence-electron chi connectivity index (χ0n) is 10.6. The molecule has 3 nitrogen and oxygen atoms in total. The number of benzene rings is 1. The van der Waals surface area contributed by atoms with E-state index in [0.717, 1.165) is 12.2 Å². The van der Waals surface area contributed by atoms with Gasteiger partial charge in [-0.2, -0.15) is 0 Å². The standard InChI is InChI=1S/C15H18N2O/c1-16-15-14(8-5-10-17-15)9-11-18-12-13-6-3-2-4-7-13/h2-8,10H,9,11-12H2,1H3,(H,16,17). The number of ether oxygens (including phenoxy) is 1. The predicted molar refractivity (Wildman–Crippen MR) is 73.6 cm³/mol.